The quantitative estimate of drug-likeness (QED) is 0.396. The van der Waals surface area contributed by atoms with Gasteiger partial charge in [-0.05, 0) is 74.5 Å². The third-order valence-electron chi connectivity index (χ3n) is 10.9. The molecule has 0 aromatic carbocycles. The lowest BCUT2D eigenvalue weighted by Gasteiger charge is -2.57. The Morgan fingerprint density at radius 2 is 1.48 bits per heavy atom. The summed E-state index contributed by atoms with van der Waals surface area (Å²) in [5.74, 6) is 4.82. The van der Waals surface area contributed by atoms with E-state index < -0.39 is 0 Å². The monoisotopic (exact) mass is 372 g/mol. The minimum absolute atomic E-state index is 0.0338. The number of carbonyl (C=O) groups excluding carboxylic acids is 1. The van der Waals surface area contributed by atoms with Crippen LogP contribution in [0.5, 0.6) is 0 Å². The molecule has 150 valence electrons. The van der Waals surface area contributed by atoms with Gasteiger partial charge in [-0.2, -0.15) is 0 Å². The van der Waals surface area contributed by atoms with E-state index in [9.17, 15) is 4.79 Å². The van der Waals surface area contributed by atoms with E-state index in [1.807, 2.05) is 0 Å². The average molecular weight is 373 g/mol. The van der Waals surface area contributed by atoms with Crippen molar-refractivity contribution < 1.29 is 14.3 Å². The van der Waals surface area contributed by atoms with Gasteiger partial charge in [0.15, 0.2) is 0 Å². The van der Waals surface area contributed by atoms with E-state index in [2.05, 4.69) is 34.6 Å². The van der Waals surface area contributed by atoms with Gasteiger partial charge in [-0.25, -0.2) is 0 Å². The van der Waals surface area contributed by atoms with E-state index in [1.54, 1.807) is 0 Å². The Morgan fingerprint density at radius 1 is 0.852 bits per heavy atom. The van der Waals surface area contributed by atoms with Crippen LogP contribution in [0, 0.1) is 52.3 Å². The van der Waals surface area contributed by atoms with Crippen LogP contribution in [0.1, 0.15) is 73.1 Å². The molecule has 5 aliphatic carbocycles. The van der Waals surface area contributed by atoms with E-state index in [1.165, 1.54) is 19.3 Å². The fourth-order valence-electron chi connectivity index (χ4n) is 9.04. The molecule has 6 rings (SSSR count). The highest BCUT2D eigenvalue weighted by Crippen LogP contribution is 2.73. The smallest absolute Gasteiger partial charge is 0.309 e. The van der Waals surface area contributed by atoms with Gasteiger partial charge < -0.3 is 9.47 Å². The Hall–Kier alpha value is -0.570. The molecule has 0 N–H and O–H groups in total. The molecular formula is C24H36O3. The highest BCUT2D eigenvalue weighted by atomic mass is 16.6. The summed E-state index contributed by atoms with van der Waals surface area (Å²) < 4.78 is 12.5. The van der Waals surface area contributed by atoms with Gasteiger partial charge in [0, 0.05) is 10.8 Å². The molecule has 3 heteroatoms. The summed E-state index contributed by atoms with van der Waals surface area (Å²) in [7, 11) is 0. The van der Waals surface area contributed by atoms with E-state index in [4.69, 9.17) is 9.47 Å². The molecule has 27 heavy (non-hydrogen) atoms. The molecule has 0 aromatic rings. The SMILES string of the molecule is CC1(C)CCCC(C)(C)C1(C)OC(=O)C1CC2CC1C1C3CC(C4OC34)C21. The molecule has 0 radical (unpaired) electrons. The van der Waals surface area contributed by atoms with Gasteiger partial charge >= 0.3 is 5.97 Å². The predicted molar refractivity (Wildman–Crippen MR) is 103 cm³/mol. The van der Waals surface area contributed by atoms with Crippen molar-refractivity contribution in [3.63, 3.8) is 0 Å². The van der Waals surface area contributed by atoms with E-state index >= 15 is 0 Å². The van der Waals surface area contributed by atoms with Gasteiger partial charge in [-0.3, -0.25) is 4.79 Å². The summed E-state index contributed by atoms with van der Waals surface area (Å²) >= 11 is 0. The van der Waals surface area contributed by atoms with Crippen molar-refractivity contribution in [2.75, 3.05) is 0 Å². The topological polar surface area (TPSA) is 38.8 Å². The molecule has 0 spiro atoms. The van der Waals surface area contributed by atoms with Crippen molar-refractivity contribution in [2.24, 2.45) is 52.3 Å². The van der Waals surface area contributed by atoms with Crippen molar-refractivity contribution in [2.45, 2.75) is 91.0 Å². The Balaban J connectivity index is 1.24. The summed E-state index contributed by atoms with van der Waals surface area (Å²) in [6.07, 6.45) is 8.43. The number of hydrogen-bond acceptors (Lipinski definition) is 3. The summed E-state index contributed by atoms with van der Waals surface area (Å²) in [5.41, 5.74) is -0.311. The lowest BCUT2D eigenvalue weighted by Crippen LogP contribution is -2.59. The normalized spacial score (nSPS) is 54.5. The molecule has 1 saturated heterocycles. The van der Waals surface area contributed by atoms with Gasteiger partial charge in [0.05, 0.1) is 18.1 Å². The van der Waals surface area contributed by atoms with Crippen LogP contribution in [0.25, 0.3) is 0 Å². The first-order valence-electron chi connectivity index (χ1n) is 11.5. The number of fused-ring (bicyclic) bond motifs is 12. The standard InChI is InChI=1S/C24H36O3/c1-22(2)7-6-8-23(3,4)24(22,5)27-21(25)14-10-12-9-13(14)18-16-11-15(17(12)18)19-20(16)26-19/h12-20H,6-11H2,1-5H3. The fraction of sp³-hybridized carbons (Fsp3) is 0.958. The Kier molecular flexibility index (Phi) is 3.17. The number of epoxide rings is 1. The number of carbonyl (C=O) groups is 1. The predicted octanol–water partition coefficient (Wildman–Crippen LogP) is 4.83. The zero-order chi connectivity index (χ0) is 18.9. The van der Waals surface area contributed by atoms with Gasteiger partial charge in [-0.1, -0.05) is 34.1 Å². The number of esters is 1. The minimum Gasteiger partial charge on any atom is -0.458 e. The minimum atomic E-state index is -0.379. The first-order chi connectivity index (χ1) is 12.6. The van der Waals surface area contributed by atoms with E-state index in [-0.39, 0.29) is 28.3 Å². The molecule has 5 saturated carbocycles. The molecule has 1 aliphatic heterocycles. The third kappa shape index (κ3) is 1.96. The number of rotatable bonds is 2. The Bertz CT molecular complexity index is 678. The molecule has 0 amide bonds. The third-order valence-corrected chi connectivity index (χ3v) is 10.9. The lowest BCUT2D eigenvalue weighted by atomic mass is 9.54. The summed E-state index contributed by atoms with van der Waals surface area (Å²) in [6, 6.07) is 0. The second-order valence-corrected chi connectivity index (χ2v) is 12.4. The molecular weight excluding hydrogens is 336 g/mol. The molecule has 6 aliphatic rings. The highest BCUT2D eigenvalue weighted by Gasteiger charge is 2.74. The van der Waals surface area contributed by atoms with Crippen LogP contribution in [0.4, 0.5) is 0 Å². The summed E-state index contributed by atoms with van der Waals surface area (Å²) in [6.45, 7) is 11.4. The first-order valence-corrected chi connectivity index (χ1v) is 11.5. The van der Waals surface area contributed by atoms with Crippen molar-refractivity contribution in [3.05, 3.63) is 0 Å². The van der Waals surface area contributed by atoms with Crippen LogP contribution in [0.3, 0.4) is 0 Å². The zero-order valence-electron chi connectivity index (χ0n) is 17.7. The molecule has 9 atom stereocenters. The van der Waals surface area contributed by atoms with Gasteiger partial charge in [0.25, 0.3) is 0 Å². The van der Waals surface area contributed by atoms with Crippen LogP contribution in [-0.4, -0.2) is 23.8 Å². The maximum atomic E-state index is 13.5. The molecule has 4 bridgehead atoms. The van der Waals surface area contributed by atoms with E-state index in [0.717, 1.165) is 48.9 Å². The van der Waals surface area contributed by atoms with Gasteiger partial charge in [-0.15, -0.1) is 0 Å². The van der Waals surface area contributed by atoms with Crippen LogP contribution >= 0.6 is 0 Å². The van der Waals surface area contributed by atoms with E-state index in [0.29, 0.717) is 18.1 Å². The highest BCUT2D eigenvalue weighted by molar-refractivity contribution is 5.74. The molecule has 6 fully saturated rings. The lowest BCUT2D eigenvalue weighted by molar-refractivity contribution is -0.214. The second kappa shape index (κ2) is 4.94. The summed E-state index contributed by atoms with van der Waals surface area (Å²) in [4.78, 5) is 13.5. The molecule has 1 heterocycles. The molecule has 9 unspecified atom stereocenters. The zero-order valence-corrected chi connectivity index (χ0v) is 17.7. The van der Waals surface area contributed by atoms with Crippen molar-refractivity contribution in [1.29, 1.82) is 0 Å². The van der Waals surface area contributed by atoms with Gasteiger partial charge in [0.2, 0.25) is 0 Å². The molecule has 3 nitrogen and oxygen atoms in total. The maximum Gasteiger partial charge on any atom is 0.309 e. The Morgan fingerprint density at radius 3 is 2.15 bits per heavy atom. The van der Waals surface area contributed by atoms with Crippen molar-refractivity contribution >= 4 is 5.97 Å². The summed E-state index contributed by atoms with van der Waals surface area (Å²) in [5, 5.41) is 0. The van der Waals surface area contributed by atoms with Crippen LogP contribution in [-0.2, 0) is 14.3 Å². The molecule has 0 aromatic heterocycles. The second-order valence-electron chi connectivity index (χ2n) is 12.4. The average Bonchev–Trinajstić information content (AvgIpc) is 2.94. The van der Waals surface area contributed by atoms with Gasteiger partial charge in [0.1, 0.15) is 5.60 Å². The van der Waals surface area contributed by atoms with Crippen molar-refractivity contribution in [3.8, 4) is 0 Å². The van der Waals surface area contributed by atoms with Crippen LogP contribution in [0.15, 0.2) is 0 Å². The Labute approximate surface area is 163 Å². The maximum absolute atomic E-state index is 13.5. The van der Waals surface area contributed by atoms with Crippen LogP contribution < -0.4 is 0 Å². The van der Waals surface area contributed by atoms with Crippen molar-refractivity contribution in [1.82, 2.24) is 0 Å². The first kappa shape index (κ1) is 17.3. The van der Waals surface area contributed by atoms with Crippen LogP contribution in [0.2, 0.25) is 0 Å². The number of hydrogen-bond donors (Lipinski definition) is 0. The largest absolute Gasteiger partial charge is 0.458 e. The number of ether oxygens (including phenoxy) is 2. The fourth-order valence-corrected chi connectivity index (χ4v) is 9.04.